The summed E-state index contributed by atoms with van der Waals surface area (Å²) in [7, 11) is -2.05. The average Bonchev–Trinajstić information content (AvgIpc) is 3.03. The van der Waals surface area contributed by atoms with Crippen molar-refractivity contribution in [2.75, 3.05) is 13.2 Å². The molecule has 2 rings (SSSR count). The van der Waals surface area contributed by atoms with E-state index in [1.807, 2.05) is 0 Å². The molecule has 2 saturated carbocycles. The Morgan fingerprint density at radius 1 is 0.857 bits per heavy atom. The van der Waals surface area contributed by atoms with Gasteiger partial charge in [-0.1, -0.05) is 52.9 Å². The fourth-order valence-corrected chi connectivity index (χ4v) is 9.47. The van der Waals surface area contributed by atoms with E-state index in [0.29, 0.717) is 5.92 Å². The van der Waals surface area contributed by atoms with Crippen LogP contribution in [0.1, 0.15) is 85.0 Å². The van der Waals surface area contributed by atoms with Gasteiger partial charge < -0.3 is 8.85 Å². The van der Waals surface area contributed by atoms with Crippen LogP contribution in [-0.4, -0.2) is 21.8 Å². The van der Waals surface area contributed by atoms with Gasteiger partial charge >= 0.3 is 8.56 Å². The summed E-state index contributed by atoms with van der Waals surface area (Å²) in [5, 5.41) is 0. The van der Waals surface area contributed by atoms with Gasteiger partial charge in [0.1, 0.15) is 0 Å². The van der Waals surface area contributed by atoms with Crippen LogP contribution in [0.15, 0.2) is 0 Å². The molecule has 3 heteroatoms. The summed E-state index contributed by atoms with van der Waals surface area (Å²) in [5.41, 5.74) is 1.53. The topological polar surface area (TPSA) is 18.5 Å². The van der Waals surface area contributed by atoms with Gasteiger partial charge in [0.25, 0.3) is 0 Å². The quantitative estimate of drug-likeness (QED) is 0.527. The van der Waals surface area contributed by atoms with Gasteiger partial charge in [-0.15, -0.1) is 0 Å². The fraction of sp³-hybridized carbons (Fsp3) is 1.00. The maximum absolute atomic E-state index is 6.73. The zero-order valence-electron chi connectivity index (χ0n) is 14.5. The van der Waals surface area contributed by atoms with Crippen molar-refractivity contribution in [3.8, 4) is 0 Å². The molecule has 0 saturated heterocycles. The van der Waals surface area contributed by atoms with Gasteiger partial charge in [0.2, 0.25) is 0 Å². The van der Waals surface area contributed by atoms with Crippen molar-refractivity contribution in [1.82, 2.24) is 0 Å². The van der Waals surface area contributed by atoms with Gasteiger partial charge in [0.15, 0.2) is 0 Å². The van der Waals surface area contributed by atoms with E-state index >= 15 is 0 Å². The molecule has 0 aromatic carbocycles. The first-order chi connectivity index (χ1) is 10.2. The maximum atomic E-state index is 6.73. The monoisotopic (exact) mass is 312 g/mol. The lowest BCUT2D eigenvalue weighted by Crippen LogP contribution is -2.52. The normalized spacial score (nSPS) is 24.6. The average molecular weight is 313 g/mol. The second-order valence-electron chi connectivity index (χ2n) is 7.59. The predicted molar refractivity (Wildman–Crippen MR) is 91.8 cm³/mol. The Kier molecular flexibility index (Phi) is 7.23. The molecule has 2 aliphatic rings. The highest BCUT2D eigenvalue weighted by Gasteiger charge is 2.53. The van der Waals surface area contributed by atoms with E-state index in [1.165, 1.54) is 57.8 Å². The zero-order valence-corrected chi connectivity index (χ0v) is 15.5. The van der Waals surface area contributed by atoms with Crippen LogP contribution in [0.5, 0.6) is 0 Å². The molecule has 0 N–H and O–H groups in total. The van der Waals surface area contributed by atoms with E-state index in [-0.39, 0.29) is 0 Å². The maximum Gasteiger partial charge on any atom is 0.344 e. The molecule has 0 heterocycles. The van der Waals surface area contributed by atoms with Crippen LogP contribution in [0, 0.1) is 5.92 Å². The van der Waals surface area contributed by atoms with Crippen molar-refractivity contribution in [3.63, 3.8) is 0 Å². The third kappa shape index (κ3) is 4.55. The molecule has 1 atom stereocenters. The van der Waals surface area contributed by atoms with Crippen molar-refractivity contribution in [2.24, 2.45) is 5.92 Å². The molecule has 0 aromatic rings. The summed E-state index contributed by atoms with van der Waals surface area (Å²) in [5.74, 6) is 0.618. The predicted octanol–water partition coefficient (Wildman–Crippen LogP) is 5.81. The summed E-state index contributed by atoms with van der Waals surface area (Å²) in [6, 6.07) is 0. The van der Waals surface area contributed by atoms with Crippen LogP contribution in [0.25, 0.3) is 0 Å². The van der Waals surface area contributed by atoms with Gasteiger partial charge in [0.05, 0.1) is 0 Å². The molecule has 0 bridgehead atoms. The molecule has 0 spiro atoms. The Labute approximate surface area is 133 Å². The molecule has 124 valence electrons. The zero-order chi connectivity index (χ0) is 15.1. The number of rotatable bonds is 8. The SMILES string of the molecule is CCCO[Si](OCC(C)C)(C1CCCCC1)C1CCCC1. The Balaban J connectivity index is 2.16. The van der Waals surface area contributed by atoms with Crippen molar-refractivity contribution < 1.29 is 8.85 Å². The Morgan fingerprint density at radius 3 is 1.86 bits per heavy atom. The number of hydrogen-bond acceptors (Lipinski definition) is 2. The second-order valence-corrected chi connectivity index (χ2v) is 11.2. The van der Waals surface area contributed by atoms with Crippen LogP contribution < -0.4 is 0 Å². The van der Waals surface area contributed by atoms with E-state index in [4.69, 9.17) is 8.85 Å². The van der Waals surface area contributed by atoms with Gasteiger partial charge in [-0.2, -0.15) is 0 Å². The summed E-state index contributed by atoms with van der Waals surface area (Å²) in [6.45, 7) is 8.60. The summed E-state index contributed by atoms with van der Waals surface area (Å²) in [4.78, 5) is 0. The van der Waals surface area contributed by atoms with E-state index < -0.39 is 8.56 Å². The largest absolute Gasteiger partial charge is 0.394 e. The van der Waals surface area contributed by atoms with Crippen LogP contribution in [0.2, 0.25) is 11.1 Å². The van der Waals surface area contributed by atoms with Crippen LogP contribution >= 0.6 is 0 Å². The molecular weight excluding hydrogens is 276 g/mol. The van der Waals surface area contributed by atoms with E-state index in [1.54, 1.807) is 0 Å². The molecule has 2 fully saturated rings. The lowest BCUT2D eigenvalue weighted by Gasteiger charge is -2.43. The first-order valence-electron chi connectivity index (χ1n) is 9.47. The molecule has 0 amide bonds. The Morgan fingerprint density at radius 2 is 1.38 bits per heavy atom. The van der Waals surface area contributed by atoms with Crippen LogP contribution in [-0.2, 0) is 8.85 Å². The van der Waals surface area contributed by atoms with E-state index in [2.05, 4.69) is 20.8 Å². The molecule has 21 heavy (non-hydrogen) atoms. The minimum absolute atomic E-state index is 0.618. The molecule has 1 unspecified atom stereocenters. The fourth-order valence-electron chi connectivity index (χ4n) is 4.24. The first-order valence-corrected chi connectivity index (χ1v) is 11.4. The third-order valence-electron chi connectivity index (χ3n) is 5.27. The summed E-state index contributed by atoms with van der Waals surface area (Å²) in [6.07, 6.45) is 13.6. The molecule has 0 aliphatic heterocycles. The standard InChI is InChI=1S/C18H36O2Si/c1-4-14-19-21(20-15-16(2)3,18-12-8-9-13-18)17-10-6-5-7-11-17/h16-18H,4-15H2,1-3H3. The highest BCUT2D eigenvalue weighted by molar-refractivity contribution is 6.70. The highest BCUT2D eigenvalue weighted by Crippen LogP contribution is 2.50. The minimum atomic E-state index is -2.05. The molecule has 0 aromatic heterocycles. The molecule has 2 aliphatic carbocycles. The second kappa shape index (κ2) is 8.69. The van der Waals surface area contributed by atoms with Crippen molar-refractivity contribution >= 4 is 8.56 Å². The van der Waals surface area contributed by atoms with Gasteiger partial charge in [0, 0.05) is 24.3 Å². The Hall–Kier alpha value is 0.137. The van der Waals surface area contributed by atoms with Gasteiger partial charge in [-0.05, 0) is 38.0 Å². The minimum Gasteiger partial charge on any atom is -0.394 e. The van der Waals surface area contributed by atoms with Crippen LogP contribution in [0.4, 0.5) is 0 Å². The summed E-state index contributed by atoms with van der Waals surface area (Å²) >= 11 is 0. The van der Waals surface area contributed by atoms with Gasteiger partial charge in [-0.25, -0.2) is 0 Å². The molecule has 2 nitrogen and oxygen atoms in total. The third-order valence-corrected chi connectivity index (χ3v) is 9.98. The van der Waals surface area contributed by atoms with Crippen molar-refractivity contribution in [2.45, 2.75) is 96.1 Å². The van der Waals surface area contributed by atoms with Crippen molar-refractivity contribution in [3.05, 3.63) is 0 Å². The molecule has 0 radical (unpaired) electrons. The highest BCUT2D eigenvalue weighted by atomic mass is 28.4. The lowest BCUT2D eigenvalue weighted by molar-refractivity contribution is 0.126. The van der Waals surface area contributed by atoms with Crippen molar-refractivity contribution in [1.29, 1.82) is 0 Å². The van der Waals surface area contributed by atoms with E-state index in [9.17, 15) is 0 Å². The smallest absolute Gasteiger partial charge is 0.344 e. The lowest BCUT2D eigenvalue weighted by atomic mass is 10.0. The van der Waals surface area contributed by atoms with Gasteiger partial charge in [-0.3, -0.25) is 0 Å². The first kappa shape index (κ1) is 17.5. The van der Waals surface area contributed by atoms with Crippen LogP contribution in [0.3, 0.4) is 0 Å². The van der Waals surface area contributed by atoms with E-state index in [0.717, 1.165) is 30.7 Å². The Bertz CT molecular complexity index is 283. The number of hydrogen-bond donors (Lipinski definition) is 0. The summed E-state index contributed by atoms with van der Waals surface area (Å²) < 4.78 is 13.4. The molecular formula is C18H36O2Si.